The molecule has 1 saturated heterocycles. The van der Waals surface area contributed by atoms with Gasteiger partial charge in [0.05, 0.1) is 0 Å². The average molecular weight is 213 g/mol. The third-order valence-corrected chi connectivity index (χ3v) is 3.21. The van der Waals surface area contributed by atoms with Crippen LogP contribution in [0.25, 0.3) is 0 Å². The van der Waals surface area contributed by atoms with Gasteiger partial charge in [-0.2, -0.15) is 0 Å². The minimum Gasteiger partial charge on any atom is -0.327 e. The van der Waals surface area contributed by atoms with E-state index in [4.69, 9.17) is 5.73 Å². The van der Waals surface area contributed by atoms with Crippen molar-refractivity contribution in [2.45, 2.75) is 39.3 Å². The Morgan fingerprint density at radius 1 is 1.33 bits per heavy atom. The summed E-state index contributed by atoms with van der Waals surface area (Å²) in [4.78, 5) is 4.93. The standard InChI is InChI=1S/C12H27N3/c1-10(2)7-12(13)9-15-6-5-14(4)8-11(15)3/h10-12H,5-9,13H2,1-4H3. The fourth-order valence-corrected chi connectivity index (χ4v) is 2.43. The molecule has 0 aliphatic carbocycles. The fourth-order valence-electron chi connectivity index (χ4n) is 2.43. The summed E-state index contributed by atoms with van der Waals surface area (Å²) >= 11 is 0. The van der Waals surface area contributed by atoms with Crippen LogP contribution in [0.2, 0.25) is 0 Å². The molecule has 0 radical (unpaired) electrons. The zero-order valence-corrected chi connectivity index (χ0v) is 10.7. The maximum Gasteiger partial charge on any atom is 0.0195 e. The van der Waals surface area contributed by atoms with Gasteiger partial charge >= 0.3 is 0 Å². The lowest BCUT2D eigenvalue weighted by atomic mass is 10.0. The highest BCUT2D eigenvalue weighted by atomic mass is 15.3. The van der Waals surface area contributed by atoms with E-state index < -0.39 is 0 Å². The molecule has 3 nitrogen and oxygen atoms in total. The van der Waals surface area contributed by atoms with E-state index in [1.165, 1.54) is 19.6 Å². The van der Waals surface area contributed by atoms with Gasteiger partial charge < -0.3 is 10.6 Å². The van der Waals surface area contributed by atoms with Crippen LogP contribution in [0.4, 0.5) is 0 Å². The lowest BCUT2D eigenvalue weighted by Gasteiger charge is -2.39. The molecule has 2 N–H and O–H groups in total. The van der Waals surface area contributed by atoms with Crippen LogP contribution in [-0.2, 0) is 0 Å². The van der Waals surface area contributed by atoms with Crippen molar-refractivity contribution in [1.29, 1.82) is 0 Å². The predicted octanol–water partition coefficient (Wildman–Crippen LogP) is 0.996. The number of nitrogens with two attached hydrogens (primary N) is 1. The minimum atomic E-state index is 0.343. The molecular formula is C12H27N3. The molecule has 1 aliphatic heterocycles. The number of hydrogen-bond donors (Lipinski definition) is 1. The van der Waals surface area contributed by atoms with Gasteiger partial charge in [-0.05, 0) is 26.3 Å². The fraction of sp³-hybridized carbons (Fsp3) is 1.00. The molecule has 1 fully saturated rings. The largest absolute Gasteiger partial charge is 0.327 e. The van der Waals surface area contributed by atoms with E-state index in [9.17, 15) is 0 Å². The highest BCUT2D eigenvalue weighted by Gasteiger charge is 2.22. The van der Waals surface area contributed by atoms with Crippen LogP contribution in [0.5, 0.6) is 0 Å². The molecule has 0 aromatic heterocycles. The Labute approximate surface area is 94.6 Å². The maximum atomic E-state index is 6.15. The quantitative estimate of drug-likeness (QED) is 0.756. The molecular weight excluding hydrogens is 186 g/mol. The van der Waals surface area contributed by atoms with Gasteiger partial charge in [-0.3, -0.25) is 4.90 Å². The summed E-state index contributed by atoms with van der Waals surface area (Å²) in [6, 6.07) is 0.998. The summed E-state index contributed by atoms with van der Waals surface area (Å²) in [5, 5.41) is 0. The maximum absolute atomic E-state index is 6.15. The van der Waals surface area contributed by atoms with Crippen LogP contribution in [-0.4, -0.2) is 55.1 Å². The van der Waals surface area contributed by atoms with Crippen molar-refractivity contribution in [3.63, 3.8) is 0 Å². The SMILES string of the molecule is CC(C)CC(N)CN1CCN(C)CC1C. The van der Waals surface area contributed by atoms with Crippen LogP contribution >= 0.6 is 0 Å². The molecule has 1 heterocycles. The summed E-state index contributed by atoms with van der Waals surface area (Å²) in [5.41, 5.74) is 6.15. The zero-order valence-electron chi connectivity index (χ0n) is 10.7. The van der Waals surface area contributed by atoms with Gasteiger partial charge in [0.25, 0.3) is 0 Å². The van der Waals surface area contributed by atoms with Gasteiger partial charge in [-0.15, -0.1) is 0 Å². The van der Waals surface area contributed by atoms with Crippen LogP contribution in [0.1, 0.15) is 27.2 Å². The molecule has 2 unspecified atom stereocenters. The van der Waals surface area contributed by atoms with Crippen LogP contribution in [0.3, 0.4) is 0 Å². The number of rotatable bonds is 4. The number of nitrogens with zero attached hydrogens (tertiary/aromatic N) is 2. The molecule has 3 heteroatoms. The predicted molar refractivity (Wildman–Crippen MR) is 66.0 cm³/mol. The van der Waals surface area contributed by atoms with E-state index in [1.807, 2.05) is 0 Å². The topological polar surface area (TPSA) is 32.5 Å². The molecule has 90 valence electrons. The molecule has 15 heavy (non-hydrogen) atoms. The van der Waals surface area contributed by atoms with E-state index in [0.717, 1.165) is 13.0 Å². The van der Waals surface area contributed by atoms with Crippen molar-refractivity contribution in [2.24, 2.45) is 11.7 Å². The van der Waals surface area contributed by atoms with E-state index in [0.29, 0.717) is 18.0 Å². The third kappa shape index (κ3) is 4.49. The highest BCUT2D eigenvalue weighted by molar-refractivity contribution is 4.80. The highest BCUT2D eigenvalue weighted by Crippen LogP contribution is 2.10. The Kier molecular flexibility index (Phi) is 5.03. The lowest BCUT2D eigenvalue weighted by molar-refractivity contribution is 0.0924. The van der Waals surface area contributed by atoms with Gasteiger partial charge in [-0.1, -0.05) is 13.8 Å². The van der Waals surface area contributed by atoms with Crippen molar-refractivity contribution in [3.05, 3.63) is 0 Å². The monoisotopic (exact) mass is 213 g/mol. The summed E-state index contributed by atoms with van der Waals surface area (Å²) in [6.45, 7) is 11.4. The average Bonchev–Trinajstić information content (AvgIpc) is 2.08. The van der Waals surface area contributed by atoms with Crippen LogP contribution in [0, 0.1) is 5.92 Å². The van der Waals surface area contributed by atoms with Crippen molar-refractivity contribution in [2.75, 3.05) is 33.2 Å². The second-order valence-corrected chi connectivity index (χ2v) is 5.50. The molecule has 2 atom stereocenters. The number of likely N-dealkylation sites (N-methyl/N-ethyl adjacent to an activating group) is 1. The molecule has 0 bridgehead atoms. The first-order valence-corrected chi connectivity index (χ1v) is 6.17. The lowest BCUT2D eigenvalue weighted by Crippen LogP contribution is -2.53. The van der Waals surface area contributed by atoms with E-state index >= 15 is 0 Å². The summed E-state index contributed by atoms with van der Waals surface area (Å²) < 4.78 is 0. The van der Waals surface area contributed by atoms with Gasteiger partial charge in [0.2, 0.25) is 0 Å². The van der Waals surface area contributed by atoms with E-state index in [2.05, 4.69) is 37.6 Å². The van der Waals surface area contributed by atoms with Crippen molar-refractivity contribution in [1.82, 2.24) is 9.80 Å². The first-order valence-electron chi connectivity index (χ1n) is 6.17. The van der Waals surface area contributed by atoms with Crippen molar-refractivity contribution in [3.8, 4) is 0 Å². The Morgan fingerprint density at radius 2 is 2.00 bits per heavy atom. The zero-order chi connectivity index (χ0) is 11.4. The van der Waals surface area contributed by atoms with Gasteiger partial charge in [0, 0.05) is 38.3 Å². The normalized spacial score (nSPS) is 27.2. The van der Waals surface area contributed by atoms with Crippen LogP contribution in [0.15, 0.2) is 0 Å². The molecule has 0 amide bonds. The summed E-state index contributed by atoms with van der Waals surface area (Å²) in [5.74, 6) is 0.711. The minimum absolute atomic E-state index is 0.343. The van der Waals surface area contributed by atoms with Gasteiger partial charge in [0.1, 0.15) is 0 Å². The Hall–Kier alpha value is -0.120. The molecule has 1 aliphatic rings. The second-order valence-electron chi connectivity index (χ2n) is 5.50. The number of piperazine rings is 1. The summed E-state index contributed by atoms with van der Waals surface area (Å²) in [6.07, 6.45) is 1.14. The molecule has 0 aromatic carbocycles. The first-order chi connectivity index (χ1) is 6.99. The van der Waals surface area contributed by atoms with E-state index in [1.54, 1.807) is 0 Å². The van der Waals surface area contributed by atoms with Crippen molar-refractivity contribution >= 4 is 0 Å². The Morgan fingerprint density at radius 3 is 2.53 bits per heavy atom. The molecule has 1 rings (SSSR count). The third-order valence-electron chi connectivity index (χ3n) is 3.21. The Bertz CT molecular complexity index is 182. The first kappa shape index (κ1) is 12.9. The second kappa shape index (κ2) is 5.83. The Balaban J connectivity index is 2.31. The van der Waals surface area contributed by atoms with E-state index in [-0.39, 0.29) is 0 Å². The smallest absolute Gasteiger partial charge is 0.0195 e. The summed E-state index contributed by atoms with van der Waals surface area (Å²) in [7, 11) is 2.20. The van der Waals surface area contributed by atoms with Gasteiger partial charge in [0.15, 0.2) is 0 Å². The van der Waals surface area contributed by atoms with Gasteiger partial charge in [-0.25, -0.2) is 0 Å². The number of hydrogen-bond acceptors (Lipinski definition) is 3. The molecule has 0 saturated carbocycles. The molecule has 0 spiro atoms. The molecule has 0 aromatic rings. The van der Waals surface area contributed by atoms with Crippen molar-refractivity contribution < 1.29 is 0 Å². The van der Waals surface area contributed by atoms with Crippen LogP contribution < -0.4 is 5.73 Å².